The van der Waals surface area contributed by atoms with Gasteiger partial charge in [0.1, 0.15) is 17.4 Å². The molecule has 0 bridgehead atoms. The van der Waals surface area contributed by atoms with Crippen LogP contribution in [0.25, 0.3) is 0 Å². The van der Waals surface area contributed by atoms with Crippen molar-refractivity contribution in [2.75, 3.05) is 11.9 Å². The average Bonchev–Trinajstić information content (AvgIpc) is 2.38. The number of anilines is 1. The third kappa shape index (κ3) is 2.81. The molecule has 1 aliphatic rings. The van der Waals surface area contributed by atoms with Crippen LogP contribution < -0.4 is 5.32 Å². The molecule has 0 heterocycles. The van der Waals surface area contributed by atoms with Crippen molar-refractivity contribution >= 4 is 5.69 Å². The largest absolute Gasteiger partial charge is 0.384 e. The highest BCUT2D eigenvalue weighted by molar-refractivity contribution is 5.57. The van der Waals surface area contributed by atoms with E-state index >= 15 is 0 Å². The molecule has 2 nitrogen and oxygen atoms in total. The topological polar surface area (TPSA) is 35.8 Å². The van der Waals surface area contributed by atoms with Gasteiger partial charge in [0, 0.05) is 6.54 Å². The molecule has 1 aromatic rings. The van der Waals surface area contributed by atoms with Crippen molar-refractivity contribution in [2.45, 2.75) is 32.6 Å². The molecule has 0 aliphatic heterocycles. The number of nitriles is 1. The maximum absolute atomic E-state index is 13.4. The molecule has 3 heteroatoms. The van der Waals surface area contributed by atoms with E-state index in [0.29, 0.717) is 17.5 Å². The highest BCUT2D eigenvalue weighted by Crippen LogP contribution is 2.30. The van der Waals surface area contributed by atoms with Crippen molar-refractivity contribution in [3.8, 4) is 6.07 Å². The molecule has 2 atom stereocenters. The van der Waals surface area contributed by atoms with Gasteiger partial charge in [-0.3, -0.25) is 0 Å². The summed E-state index contributed by atoms with van der Waals surface area (Å²) in [4.78, 5) is 0. The molecule has 18 heavy (non-hydrogen) atoms. The van der Waals surface area contributed by atoms with E-state index in [1.807, 2.05) is 6.07 Å². The standard InChI is InChI=1S/C15H19FN2/c1-11-5-2-3-6-12(11)10-18-15-8-4-7-14(16)13(15)9-17/h4,7-8,11-12,18H,2-3,5-6,10H2,1H3. The zero-order valence-corrected chi connectivity index (χ0v) is 10.7. The minimum absolute atomic E-state index is 0.126. The van der Waals surface area contributed by atoms with Gasteiger partial charge in [-0.25, -0.2) is 4.39 Å². The van der Waals surface area contributed by atoms with Gasteiger partial charge < -0.3 is 5.32 Å². The van der Waals surface area contributed by atoms with Crippen molar-refractivity contribution in [3.63, 3.8) is 0 Å². The van der Waals surface area contributed by atoms with E-state index in [-0.39, 0.29) is 5.56 Å². The van der Waals surface area contributed by atoms with Gasteiger partial charge in [-0.05, 0) is 30.4 Å². The summed E-state index contributed by atoms with van der Waals surface area (Å²) in [5.41, 5.74) is 0.747. The summed E-state index contributed by atoms with van der Waals surface area (Å²) in [6, 6.07) is 6.67. The van der Waals surface area contributed by atoms with Crippen LogP contribution in [0.4, 0.5) is 10.1 Å². The van der Waals surface area contributed by atoms with Crippen molar-refractivity contribution < 1.29 is 4.39 Å². The highest BCUT2D eigenvalue weighted by atomic mass is 19.1. The number of hydrogen-bond donors (Lipinski definition) is 1. The first-order valence-corrected chi connectivity index (χ1v) is 6.65. The van der Waals surface area contributed by atoms with Crippen LogP contribution in [-0.2, 0) is 0 Å². The third-order valence-electron chi connectivity index (χ3n) is 3.97. The molecule has 1 N–H and O–H groups in total. The first-order valence-electron chi connectivity index (χ1n) is 6.65. The van der Waals surface area contributed by atoms with Crippen molar-refractivity contribution in [3.05, 3.63) is 29.6 Å². The summed E-state index contributed by atoms with van der Waals surface area (Å²) in [7, 11) is 0. The molecule has 2 unspecified atom stereocenters. The van der Waals surface area contributed by atoms with Gasteiger partial charge >= 0.3 is 0 Å². The lowest BCUT2D eigenvalue weighted by Gasteiger charge is -2.29. The first kappa shape index (κ1) is 12.9. The van der Waals surface area contributed by atoms with E-state index < -0.39 is 5.82 Å². The van der Waals surface area contributed by atoms with Gasteiger partial charge in [0.15, 0.2) is 0 Å². The Bertz CT molecular complexity index is 450. The van der Waals surface area contributed by atoms with E-state index in [9.17, 15) is 4.39 Å². The number of hydrogen-bond acceptors (Lipinski definition) is 2. The molecular formula is C15H19FN2. The fourth-order valence-corrected chi connectivity index (χ4v) is 2.72. The smallest absolute Gasteiger partial charge is 0.143 e. The Labute approximate surface area is 108 Å². The van der Waals surface area contributed by atoms with E-state index in [4.69, 9.17) is 5.26 Å². The lowest BCUT2D eigenvalue weighted by Crippen LogP contribution is -2.24. The Morgan fingerprint density at radius 3 is 2.89 bits per heavy atom. The molecule has 1 saturated carbocycles. The summed E-state index contributed by atoms with van der Waals surface area (Å²) in [6.07, 6.45) is 5.11. The fraction of sp³-hybridized carbons (Fsp3) is 0.533. The first-order chi connectivity index (χ1) is 8.72. The Kier molecular flexibility index (Phi) is 4.19. The summed E-state index contributed by atoms with van der Waals surface area (Å²) in [6.45, 7) is 3.11. The molecule has 0 aromatic heterocycles. The van der Waals surface area contributed by atoms with Gasteiger partial charge in [0.25, 0.3) is 0 Å². The second-order valence-electron chi connectivity index (χ2n) is 5.18. The molecule has 1 aliphatic carbocycles. The van der Waals surface area contributed by atoms with Gasteiger partial charge in [0.05, 0.1) is 5.69 Å². The normalized spacial score (nSPS) is 23.4. The van der Waals surface area contributed by atoms with E-state index in [0.717, 1.165) is 6.54 Å². The van der Waals surface area contributed by atoms with Crippen molar-refractivity contribution in [1.29, 1.82) is 5.26 Å². The summed E-state index contributed by atoms with van der Waals surface area (Å²) >= 11 is 0. The van der Waals surface area contributed by atoms with Crippen LogP contribution in [0, 0.1) is 29.0 Å². The Balaban J connectivity index is 2.02. The lowest BCUT2D eigenvalue weighted by molar-refractivity contribution is 0.268. The third-order valence-corrected chi connectivity index (χ3v) is 3.97. The zero-order valence-electron chi connectivity index (χ0n) is 10.7. The van der Waals surface area contributed by atoms with Crippen LogP contribution in [0.1, 0.15) is 38.2 Å². The minimum atomic E-state index is -0.445. The molecule has 2 rings (SSSR count). The minimum Gasteiger partial charge on any atom is -0.384 e. The molecule has 0 saturated heterocycles. The summed E-state index contributed by atoms with van der Waals surface area (Å²) in [5.74, 6) is 0.901. The molecular weight excluding hydrogens is 227 g/mol. The Hall–Kier alpha value is -1.56. The SMILES string of the molecule is CC1CCCCC1CNc1cccc(F)c1C#N. The number of nitrogens with zero attached hydrogens (tertiary/aromatic N) is 1. The van der Waals surface area contributed by atoms with Gasteiger partial charge in [0.2, 0.25) is 0 Å². The predicted molar refractivity (Wildman–Crippen MR) is 70.7 cm³/mol. The van der Waals surface area contributed by atoms with Crippen LogP contribution in [0.3, 0.4) is 0 Å². The summed E-state index contributed by atoms with van der Waals surface area (Å²) in [5, 5.41) is 12.2. The lowest BCUT2D eigenvalue weighted by atomic mass is 9.80. The second kappa shape index (κ2) is 5.86. The monoisotopic (exact) mass is 246 g/mol. The van der Waals surface area contributed by atoms with Crippen LogP contribution in [0.2, 0.25) is 0 Å². The molecule has 1 aromatic carbocycles. The molecule has 96 valence electrons. The summed E-state index contributed by atoms with van der Waals surface area (Å²) < 4.78 is 13.4. The van der Waals surface area contributed by atoms with Crippen LogP contribution in [0.5, 0.6) is 0 Å². The van der Waals surface area contributed by atoms with Gasteiger partial charge in [-0.15, -0.1) is 0 Å². The maximum Gasteiger partial charge on any atom is 0.143 e. The quantitative estimate of drug-likeness (QED) is 0.877. The van der Waals surface area contributed by atoms with Crippen LogP contribution in [0.15, 0.2) is 18.2 Å². The second-order valence-corrected chi connectivity index (χ2v) is 5.18. The zero-order chi connectivity index (χ0) is 13.0. The predicted octanol–water partition coefficient (Wildman–Crippen LogP) is 3.94. The average molecular weight is 246 g/mol. The molecule has 1 fully saturated rings. The van der Waals surface area contributed by atoms with E-state index in [1.165, 1.54) is 31.7 Å². The van der Waals surface area contributed by atoms with Crippen molar-refractivity contribution in [1.82, 2.24) is 0 Å². The Morgan fingerprint density at radius 1 is 1.39 bits per heavy atom. The Morgan fingerprint density at radius 2 is 2.17 bits per heavy atom. The molecule has 0 spiro atoms. The fourth-order valence-electron chi connectivity index (χ4n) is 2.72. The van der Waals surface area contributed by atoms with E-state index in [1.54, 1.807) is 12.1 Å². The van der Waals surface area contributed by atoms with Gasteiger partial charge in [-0.2, -0.15) is 5.26 Å². The van der Waals surface area contributed by atoms with Gasteiger partial charge in [-0.1, -0.05) is 32.3 Å². The number of halogens is 1. The number of rotatable bonds is 3. The van der Waals surface area contributed by atoms with E-state index in [2.05, 4.69) is 12.2 Å². The van der Waals surface area contributed by atoms with Crippen molar-refractivity contribution in [2.24, 2.45) is 11.8 Å². The molecule has 0 radical (unpaired) electrons. The number of nitrogens with one attached hydrogen (secondary N) is 1. The maximum atomic E-state index is 13.4. The molecule has 0 amide bonds. The highest BCUT2D eigenvalue weighted by Gasteiger charge is 2.21. The number of benzene rings is 1. The van der Waals surface area contributed by atoms with Crippen LogP contribution in [-0.4, -0.2) is 6.54 Å². The van der Waals surface area contributed by atoms with Crippen LogP contribution >= 0.6 is 0 Å².